The number of benzene rings is 2. The fourth-order valence-electron chi connectivity index (χ4n) is 2.92. The first kappa shape index (κ1) is 17.0. The van der Waals surface area contributed by atoms with Crippen LogP contribution in [0.3, 0.4) is 0 Å². The standard InChI is InChI=1S/C20H22N2O3/c1-13-4-7-18(8-5-13)25-14(2)20(24)21-17-6-9-19-16(12-17)10-11-22(19)15(3)23/h4-9,12,14H,10-11H2,1-3H3,(H,21,24)/t14-/m1/s1. The van der Waals surface area contributed by atoms with Crippen LogP contribution in [0.4, 0.5) is 11.4 Å². The van der Waals surface area contributed by atoms with Crippen molar-refractivity contribution in [2.24, 2.45) is 0 Å². The van der Waals surface area contributed by atoms with E-state index in [9.17, 15) is 9.59 Å². The van der Waals surface area contributed by atoms with E-state index in [0.29, 0.717) is 18.0 Å². The van der Waals surface area contributed by atoms with Gasteiger partial charge in [0.2, 0.25) is 5.91 Å². The number of hydrogen-bond acceptors (Lipinski definition) is 3. The van der Waals surface area contributed by atoms with E-state index in [-0.39, 0.29) is 11.8 Å². The zero-order valence-corrected chi connectivity index (χ0v) is 14.7. The molecule has 0 radical (unpaired) electrons. The van der Waals surface area contributed by atoms with Gasteiger partial charge in [0.15, 0.2) is 6.10 Å². The van der Waals surface area contributed by atoms with Crippen LogP contribution >= 0.6 is 0 Å². The molecule has 5 nitrogen and oxygen atoms in total. The Kier molecular flexibility index (Phi) is 4.74. The molecule has 2 aromatic carbocycles. The van der Waals surface area contributed by atoms with Gasteiger partial charge < -0.3 is 15.0 Å². The molecule has 0 unspecified atom stereocenters. The smallest absolute Gasteiger partial charge is 0.265 e. The van der Waals surface area contributed by atoms with E-state index in [0.717, 1.165) is 23.2 Å². The number of fused-ring (bicyclic) bond motifs is 1. The molecule has 0 aliphatic carbocycles. The summed E-state index contributed by atoms with van der Waals surface area (Å²) in [4.78, 5) is 25.7. The number of nitrogens with one attached hydrogen (secondary N) is 1. The van der Waals surface area contributed by atoms with Gasteiger partial charge in [0.25, 0.3) is 5.91 Å². The predicted molar refractivity (Wildman–Crippen MR) is 98.1 cm³/mol. The van der Waals surface area contributed by atoms with Gasteiger partial charge in [-0.15, -0.1) is 0 Å². The summed E-state index contributed by atoms with van der Waals surface area (Å²) in [6.45, 7) is 5.98. The minimum absolute atomic E-state index is 0.0376. The number of anilines is 2. The van der Waals surface area contributed by atoms with Gasteiger partial charge in [-0.05, 0) is 56.2 Å². The molecular weight excluding hydrogens is 316 g/mol. The van der Waals surface area contributed by atoms with Gasteiger partial charge >= 0.3 is 0 Å². The molecular formula is C20H22N2O3. The molecule has 0 aromatic heterocycles. The molecule has 130 valence electrons. The summed E-state index contributed by atoms with van der Waals surface area (Å²) < 4.78 is 5.68. The molecule has 1 atom stereocenters. The maximum absolute atomic E-state index is 12.4. The van der Waals surface area contributed by atoms with E-state index in [1.54, 1.807) is 18.7 Å². The zero-order valence-electron chi connectivity index (χ0n) is 14.7. The number of carbonyl (C=O) groups is 2. The molecule has 0 fully saturated rings. The molecule has 1 aliphatic rings. The highest BCUT2D eigenvalue weighted by molar-refractivity contribution is 5.96. The zero-order chi connectivity index (χ0) is 18.0. The van der Waals surface area contributed by atoms with Crippen molar-refractivity contribution in [2.75, 3.05) is 16.8 Å². The quantitative estimate of drug-likeness (QED) is 0.930. The number of carbonyl (C=O) groups excluding carboxylic acids is 2. The van der Waals surface area contributed by atoms with Crippen molar-refractivity contribution in [1.82, 2.24) is 0 Å². The van der Waals surface area contributed by atoms with Gasteiger partial charge in [-0.1, -0.05) is 17.7 Å². The fraction of sp³-hybridized carbons (Fsp3) is 0.300. The lowest BCUT2D eigenvalue weighted by Gasteiger charge is -2.17. The van der Waals surface area contributed by atoms with Crippen LogP contribution in [0.25, 0.3) is 0 Å². The van der Waals surface area contributed by atoms with Crippen LogP contribution in [0.5, 0.6) is 5.75 Å². The lowest BCUT2D eigenvalue weighted by molar-refractivity contribution is -0.122. The Hall–Kier alpha value is -2.82. The summed E-state index contributed by atoms with van der Waals surface area (Å²) in [5.41, 5.74) is 3.85. The maximum Gasteiger partial charge on any atom is 0.265 e. The number of hydrogen-bond donors (Lipinski definition) is 1. The molecule has 1 aliphatic heterocycles. The Morgan fingerprint density at radius 1 is 1.16 bits per heavy atom. The van der Waals surface area contributed by atoms with E-state index in [1.807, 2.05) is 49.4 Å². The molecule has 0 saturated heterocycles. The lowest BCUT2D eigenvalue weighted by Crippen LogP contribution is -2.30. The van der Waals surface area contributed by atoms with Crippen LogP contribution in [0.2, 0.25) is 0 Å². The van der Waals surface area contributed by atoms with E-state index < -0.39 is 6.10 Å². The molecule has 5 heteroatoms. The van der Waals surface area contributed by atoms with Gasteiger partial charge in [0, 0.05) is 24.8 Å². The fourth-order valence-corrected chi connectivity index (χ4v) is 2.92. The third-order valence-electron chi connectivity index (χ3n) is 4.33. The van der Waals surface area contributed by atoms with Crippen molar-refractivity contribution in [2.45, 2.75) is 33.3 Å². The normalized spacial score (nSPS) is 14.0. The second-order valence-electron chi connectivity index (χ2n) is 6.33. The summed E-state index contributed by atoms with van der Waals surface area (Å²) in [6, 6.07) is 13.2. The summed E-state index contributed by atoms with van der Waals surface area (Å²) >= 11 is 0. The Labute approximate surface area is 147 Å². The SMILES string of the molecule is CC(=O)N1CCc2cc(NC(=O)[C@@H](C)Oc3ccc(C)cc3)ccc21. The largest absolute Gasteiger partial charge is 0.481 e. The molecule has 3 rings (SSSR count). The number of ether oxygens (including phenoxy) is 1. The van der Waals surface area contributed by atoms with Crippen LogP contribution in [-0.4, -0.2) is 24.5 Å². The minimum Gasteiger partial charge on any atom is -0.481 e. The summed E-state index contributed by atoms with van der Waals surface area (Å²) in [6.07, 6.45) is 0.193. The van der Waals surface area contributed by atoms with Crippen molar-refractivity contribution in [3.8, 4) is 5.75 Å². The van der Waals surface area contributed by atoms with Gasteiger partial charge in [0.1, 0.15) is 5.75 Å². The van der Waals surface area contributed by atoms with E-state index >= 15 is 0 Å². The highest BCUT2D eigenvalue weighted by atomic mass is 16.5. The first-order chi connectivity index (χ1) is 11.9. The summed E-state index contributed by atoms with van der Waals surface area (Å²) in [7, 11) is 0. The van der Waals surface area contributed by atoms with Crippen molar-refractivity contribution in [3.63, 3.8) is 0 Å². The highest BCUT2D eigenvalue weighted by Gasteiger charge is 2.23. The first-order valence-electron chi connectivity index (χ1n) is 8.39. The molecule has 2 amide bonds. The molecule has 1 heterocycles. The molecule has 0 bridgehead atoms. The van der Waals surface area contributed by atoms with Crippen molar-refractivity contribution >= 4 is 23.2 Å². The lowest BCUT2D eigenvalue weighted by atomic mass is 10.1. The number of rotatable bonds is 4. The van der Waals surface area contributed by atoms with Crippen LogP contribution in [0, 0.1) is 6.92 Å². The van der Waals surface area contributed by atoms with E-state index in [1.165, 1.54) is 0 Å². The molecule has 2 aromatic rings. The third kappa shape index (κ3) is 3.82. The van der Waals surface area contributed by atoms with Crippen molar-refractivity contribution in [1.29, 1.82) is 0 Å². The Bertz CT molecular complexity index is 799. The maximum atomic E-state index is 12.4. The van der Waals surface area contributed by atoms with Crippen molar-refractivity contribution in [3.05, 3.63) is 53.6 Å². The highest BCUT2D eigenvalue weighted by Crippen LogP contribution is 2.30. The average molecular weight is 338 g/mol. The van der Waals surface area contributed by atoms with Gasteiger partial charge in [-0.3, -0.25) is 9.59 Å². The van der Waals surface area contributed by atoms with Crippen LogP contribution < -0.4 is 15.0 Å². The Balaban J connectivity index is 1.65. The topological polar surface area (TPSA) is 58.6 Å². The minimum atomic E-state index is -0.607. The van der Waals surface area contributed by atoms with Crippen LogP contribution in [0.15, 0.2) is 42.5 Å². The second-order valence-corrected chi connectivity index (χ2v) is 6.33. The van der Waals surface area contributed by atoms with Gasteiger partial charge in [0.05, 0.1) is 0 Å². The number of nitrogens with zero attached hydrogens (tertiary/aromatic N) is 1. The summed E-state index contributed by atoms with van der Waals surface area (Å²) in [5.74, 6) is 0.497. The van der Waals surface area contributed by atoms with Gasteiger partial charge in [-0.2, -0.15) is 0 Å². The molecule has 0 saturated carbocycles. The van der Waals surface area contributed by atoms with Gasteiger partial charge in [-0.25, -0.2) is 0 Å². The van der Waals surface area contributed by atoms with E-state index in [2.05, 4.69) is 5.32 Å². The van der Waals surface area contributed by atoms with Crippen LogP contribution in [0.1, 0.15) is 25.0 Å². The monoisotopic (exact) mass is 338 g/mol. The second kappa shape index (κ2) is 6.97. The van der Waals surface area contributed by atoms with Crippen molar-refractivity contribution < 1.29 is 14.3 Å². The predicted octanol–water partition coefficient (Wildman–Crippen LogP) is 3.31. The number of amides is 2. The number of aryl methyl sites for hydroxylation is 1. The van der Waals surface area contributed by atoms with E-state index in [4.69, 9.17) is 4.74 Å². The third-order valence-corrected chi connectivity index (χ3v) is 4.33. The molecule has 1 N–H and O–H groups in total. The first-order valence-corrected chi connectivity index (χ1v) is 8.39. The Morgan fingerprint density at radius 2 is 1.88 bits per heavy atom. The van der Waals surface area contributed by atoms with Crippen LogP contribution in [-0.2, 0) is 16.0 Å². The average Bonchev–Trinajstić information content (AvgIpc) is 3.00. The summed E-state index contributed by atoms with van der Waals surface area (Å²) in [5, 5.41) is 2.88. The molecule has 25 heavy (non-hydrogen) atoms. The molecule has 0 spiro atoms. The Morgan fingerprint density at radius 3 is 2.56 bits per heavy atom.